The summed E-state index contributed by atoms with van der Waals surface area (Å²) in [4.78, 5) is 19.2. The van der Waals surface area contributed by atoms with Gasteiger partial charge in [-0.3, -0.25) is 4.79 Å². The molecule has 1 fully saturated rings. The van der Waals surface area contributed by atoms with Crippen molar-refractivity contribution in [3.05, 3.63) is 83.7 Å². The highest BCUT2D eigenvalue weighted by Crippen LogP contribution is 2.41. The molecule has 0 spiro atoms. The second-order valence-electron chi connectivity index (χ2n) is 8.27. The zero-order chi connectivity index (χ0) is 19.8. The van der Waals surface area contributed by atoms with Gasteiger partial charge in [0.2, 0.25) is 5.91 Å². The first-order valence-corrected chi connectivity index (χ1v) is 10.3. The SMILES string of the molecule is C.C.C=C1CCc2cc(/C=C/C(=O)N3C[C@@H]4CC(c5ccccc5)=C[C@@H]4C3)cnc2N1. The number of benzene rings is 1. The van der Waals surface area contributed by atoms with Gasteiger partial charge in [0.25, 0.3) is 0 Å². The van der Waals surface area contributed by atoms with Crippen molar-refractivity contribution in [1.82, 2.24) is 9.88 Å². The highest BCUT2D eigenvalue weighted by molar-refractivity contribution is 5.92. The predicted molar refractivity (Wildman–Crippen MR) is 130 cm³/mol. The number of allylic oxidation sites excluding steroid dienone is 2. The average Bonchev–Trinajstić information content (AvgIpc) is 3.32. The van der Waals surface area contributed by atoms with Crippen LogP contribution < -0.4 is 5.32 Å². The van der Waals surface area contributed by atoms with E-state index in [2.05, 4.69) is 59.4 Å². The van der Waals surface area contributed by atoms with Gasteiger partial charge in [-0.2, -0.15) is 0 Å². The van der Waals surface area contributed by atoms with E-state index in [1.165, 1.54) is 16.7 Å². The smallest absolute Gasteiger partial charge is 0.246 e. The molecular weight excluding hydrogens is 382 g/mol. The van der Waals surface area contributed by atoms with E-state index < -0.39 is 0 Å². The molecule has 1 saturated heterocycles. The van der Waals surface area contributed by atoms with E-state index in [4.69, 9.17) is 0 Å². The van der Waals surface area contributed by atoms with Crippen LogP contribution in [0.4, 0.5) is 5.82 Å². The van der Waals surface area contributed by atoms with E-state index in [-0.39, 0.29) is 20.8 Å². The summed E-state index contributed by atoms with van der Waals surface area (Å²) in [6.45, 7) is 5.63. The van der Waals surface area contributed by atoms with Crippen LogP contribution in [0.3, 0.4) is 0 Å². The maximum absolute atomic E-state index is 12.7. The van der Waals surface area contributed by atoms with Crippen molar-refractivity contribution in [3.8, 4) is 0 Å². The van der Waals surface area contributed by atoms with E-state index >= 15 is 0 Å². The van der Waals surface area contributed by atoms with Gasteiger partial charge in [0, 0.05) is 31.1 Å². The first-order valence-electron chi connectivity index (χ1n) is 10.3. The minimum absolute atomic E-state index is 0. The number of fused-ring (bicyclic) bond motifs is 2. The molecule has 2 atom stereocenters. The van der Waals surface area contributed by atoms with Crippen molar-refractivity contribution >= 4 is 23.4 Å². The minimum Gasteiger partial charge on any atom is -0.344 e. The zero-order valence-electron chi connectivity index (χ0n) is 16.5. The Morgan fingerprint density at radius 2 is 1.97 bits per heavy atom. The van der Waals surface area contributed by atoms with Gasteiger partial charge in [0.15, 0.2) is 0 Å². The highest BCUT2D eigenvalue weighted by Gasteiger charge is 2.37. The molecule has 0 radical (unpaired) electrons. The van der Waals surface area contributed by atoms with Gasteiger partial charge in [-0.25, -0.2) is 4.98 Å². The third kappa shape index (κ3) is 4.63. The van der Waals surface area contributed by atoms with Gasteiger partial charge in [0.1, 0.15) is 5.82 Å². The fourth-order valence-corrected chi connectivity index (χ4v) is 4.67. The Morgan fingerprint density at radius 1 is 1.16 bits per heavy atom. The Hall–Kier alpha value is -3.14. The van der Waals surface area contributed by atoms with Gasteiger partial charge in [-0.15, -0.1) is 0 Å². The number of likely N-dealkylation sites (tertiary alicyclic amines) is 1. The van der Waals surface area contributed by atoms with Crippen LogP contribution >= 0.6 is 0 Å². The second kappa shape index (κ2) is 9.34. The van der Waals surface area contributed by atoms with Crippen LogP contribution in [0.5, 0.6) is 0 Å². The largest absolute Gasteiger partial charge is 0.344 e. The lowest BCUT2D eigenvalue weighted by molar-refractivity contribution is -0.125. The first kappa shape index (κ1) is 22.5. The first-order chi connectivity index (χ1) is 14.2. The van der Waals surface area contributed by atoms with Crippen molar-refractivity contribution in [2.45, 2.75) is 34.1 Å². The lowest BCUT2D eigenvalue weighted by Crippen LogP contribution is -2.27. The van der Waals surface area contributed by atoms with Gasteiger partial charge >= 0.3 is 0 Å². The molecule has 3 aliphatic rings. The van der Waals surface area contributed by atoms with Crippen LogP contribution in [0.15, 0.2) is 67.0 Å². The van der Waals surface area contributed by atoms with Crippen LogP contribution in [0, 0.1) is 11.8 Å². The van der Waals surface area contributed by atoms with E-state index in [1.807, 2.05) is 17.2 Å². The molecular formula is C27H33N3O. The van der Waals surface area contributed by atoms with Crippen LogP contribution in [0.1, 0.15) is 44.4 Å². The van der Waals surface area contributed by atoms with Crippen molar-refractivity contribution in [3.63, 3.8) is 0 Å². The van der Waals surface area contributed by atoms with E-state index in [0.29, 0.717) is 11.8 Å². The molecule has 31 heavy (non-hydrogen) atoms. The molecule has 1 N–H and O–H groups in total. The standard InChI is InChI=1S/C25H25N3O.2CH4/c1-17-7-9-20-11-18(14-26-25(20)27-17)8-10-24(29)28-15-22-12-21(13-23(22)16-28)19-5-3-2-4-6-19;;/h2-6,8,10-12,14,22-23H,1,7,9,13,15-16H2,(H,26,27);2*1H4/b10-8+;;/t22-,23+;;/m1../s1. The van der Waals surface area contributed by atoms with E-state index in [9.17, 15) is 4.79 Å². The van der Waals surface area contributed by atoms with E-state index in [1.54, 1.807) is 6.08 Å². The zero-order valence-corrected chi connectivity index (χ0v) is 16.5. The Labute approximate surface area is 186 Å². The summed E-state index contributed by atoms with van der Waals surface area (Å²) in [6, 6.07) is 12.7. The summed E-state index contributed by atoms with van der Waals surface area (Å²) >= 11 is 0. The molecule has 1 aliphatic carbocycles. The number of carbonyl (C=O) groups is 1. The monoisotopic (exact) mass is 415 g/mol. The molecule has 162 valence electrons. The Kier molecular flexibility index (Phi) is 6.79. The fraction of sp³-hybridized carbons (Fsp3) is 0.333. The van der Waals surface area contributed by atoms with Gasteiger partial charge in [0.05, 0.1) is 0 Å². The van der Waals surface area contributed by atoms with Crippen LogP contribution in [-0.2, 0) is 11.2 Å². The number of hydrogen-bond donors (Lipinski definition) is 1. The number of amides is 1. The van der Waals surface area contributed by atoms with Crippen LogP contribution in [0.2, 0.25) is 0 Å². The second-order valence-corrected chi connectivity index (χ2v) is 8.27. The average molecular weight is 416 g/mol. The summed E-state index contributed by atoms with van der Waals surface area (Å²) in [5.41, 5.74) is 5.91. The highest BCUT2D eigenvalue weighted by atomic mass is 16.2. The molecule has 0 saturated carbocycles. The molecule has 1 aromatic heterocycles. The number of pyridine rings is 1. The quantitative estimate of drug-likeness (QED) is 0.644. The number of nitrogens with one attached hydrogen (secondary N) is 1. The summed E-state index contributed by atoms with van der Waals surface area (Å²) in [5, 5.41) is 3.22. The Morgan fingerprint density at radius 3 is 2.74 bits per heavy atom. The molecule has 1 amide bonds. The molecule has 4 heteroatoms. The number of nitrogens with zero attached hydrogens (tertiary/aromatic N) is 2. The summed E-state index contributed by atoms with van der Waals surface area (Å²) in [6.07, 6.45) is 10.7. The van der Waals surface area contributed by atoms with Crippen LogP contribution in [-0.4, -0.2) is 28.9 Å². The maximum atomic E-state index is 12.7. The summed E-state index contributed by atoms with van der Waals surface area (Å²) in [7, 11) is 0. The van der Waals surface area contributed by atoms with Crippen molar-refractivity contribution in [2.24, 2.45) is 11.8 Å². The maximum Gasteiger partial charge on any atom is 0.246 e. The number of aryl methyl sites for hydroxylation is 1. The van der Waals surface area contributed by atoms with Crippen molar-refractivity contribution in [1.29, 1.82) is 0 Å². The summed E-state index contributed by atoms with van der Waals surface area (Å²) in [5.74, 6) is 2.01. The van der Waals surface area contributed by atoms with Gasteiger partial charge < -0.3 is 10.2 Å². The normalized spacial score (nSPS) is 21.5. The number of hydrogen-bond acceptors (Lipinski definition) is 3. The lowest BCUT2D eigenvalue weighted by atomic mass is 9.98. The lowest BCUT2D eigenvalue weighted by Gasteiger charge is -2.19. The predicted octanol–water partition coefficient (Wildman–Crippen LogP) is 5.80. The summed E-state index contributed by atoms with van der Waals surface area (Å²) < 4.78 is 0. The minimum atomic E-state index is 0. The topological polar surface area (TPSA) is 45.2 Å². The van der Waals surface area contributed by atoms with E-state index in [0.717, 1.165) is 49.4 Å². The Balaban J connectivity index is 0.00000136. The molecule has 2 aliphatic heterocycles. The fourth-order valence-electron chi connectivity index (χ4n) is 4.67. The number of aromatic nitrogens is 1. The van der Waals surface area contributed by atoms with Crippen LogP contribution in [0.25, 0.3) is 11.6 Å². The molecule has 3 heterocycles. The number of anilines is 1. The van der Waals surface area contributed by atoms with Crippen molar-refractivity contribution < 1.29 is 4.79 Å². The number of rotatable bonds is 3. The molecule has 2 aromatic rings. The van der Waals surface area contributed by atoms with Crippen molar-refractivity contribution in [2.75, 3.05) is 18.4 Å². The molecule has 0 bridgehead atoms. The third-order valence-corrected chi connectivity index (χ3v) is 6.24. The van der Waals surface area contributed by atoms with Gasteiger partial charge in [-0.05, 0) is 65.5 Å². The molecule has 5 rings (SSSR count). The number of carbonyl (C=O) groups excluding carboxylic acids is 1. The third-order valence-electron chi connectivity index (χ3n) is 6.24. The molecule has 4 nitrogen and oxygen atoms in total. The molecule has 1 aromatic carbocycles. The van der Waals surface area contributed by atoms with Gasteiger partial charge in [-0.1, -0.05) is 57.8 Å². The Bertz CT molecular complexity index is 1020. The molecule has 0 unspecified atom stereocenters.